The number of thioether (sulfide) groups is 1. The van der Waals surface area contributed by atoms with E-state index in [4.69, 9.17) is 37.9 Å². The minimum atomic E-state index is -0.818. The highest BCUT2D eigenvalue weighted by molar-refractivity contribution is 8.18. The molecule has 6 heterocycles. The van der Waals surface area contributed by atoms with Crippen LogP contribution in [0.1, 0.15) is 11.3 Å². The van der Waals surface area contributed by atoms with Crippen LogP contribution in [-0.4, -0.2) is 100.0 Å². The lowest BCUT2D eigenvalue weighted by atomic mass is 10.1. The summed E-state index contributed by atoms with van der Waals surface area (Å²) in [5, 5.41) is 15.9. The number of carbonyl (C=O) groups excluding carboxylic acids is 2. The topological polar surface area (TPSA) is 150 Å². The second kappa shape index (κ2) is 17.7. The summed E-state index contributed by atoms with van der Waals surface area (Å²) in [6.07, 6.45) is 10.9. The maximum atomic E-state index is 14.4. The van der Waals surface area contributed by atoms with E-state index in [1.807, 2.05) is 102 Å². The van der Waals surface area contributed by atoms with Crippen LogP contribution in [0.2, 0.25) is 0 Å². The molecule has 326 valence electrons. The zero-order chi connectivity index (χ0) is 43.1. The SMILES string of the molecule is O=C1C(=O)/C(=C2/C=CC(=[N+](c3ccc(OCC4CO4)cc3)c3ccc(OCC4CO4)cc3)S2)C([O-])=C1c1ccc(N(C2=CCC(OCC3CO3)C=C2)c2ccc(OCC3CO3)cc2)s1. The molecular weight excluding hydrogens is 857 g/mol. The van der Waals surface area contributed by atoms with Crippen molar-refractivity contribution in [1.29, 1.82) is 0 Å². The van der Waals surface area contributed by atoms with Crippen molar-refractivity contribution in [3.63, 3.8) is 0 Å². The second-order valence-electron chi connectivity index (χ2n) is 16.0. The molecular formula is C49H42N2O11S2. The molecule has 2 aliphatic carbocycles. The molecule has 1 aromatic heterocycles. The van der Waals surface area contributed by atoms with E-state index in [1.165, 1.54) is 23.1 Å². The van der Waals surface area contributed by atoms with Crippen LogP contribution >= 0.6 is 23.1 Å². The quantitative estimate of drug-likeness (QED) is 0.0460. The third-order valence-electron chi connectivity index (χ3n) is 11.2. The van der Waals surface area contributed by atoms with Crippen molar-refractivity contribution >= 4 is 67.3 Å². The van der Waals surface area contributed by atoms with Gasteiger partial charge in [0.25, 0.3) is 5.04 Å². The molecule has 0 radical (unpaired) electrons. The number of nitrogens with zero attached hydrogens (tertiary/aromatic N) is 2. The Labute approximate surface area is 377 Å². The van der Waals surface area contributed by atoms with Gasteiger partial charge in [0.05, 0.1) is 39.1 Å². The first-order valence-electron chi connectivity index (χ1n) is 21.2. The number of hydrogen-bond acceptors (Lipinski definition) is 14. The van der Waals surface area contributed by atoms with Gasteiger partial charge in [-0.25, -0.2) is 0 Å². The van der Waals surface area contributed by atoms with E-state index in [0.717, 1.165) is 45.2 Å². The van der Waals surface area contributed by atoms with E-state index in [9.17, 15) is 14.7 Å². The van der Waals surface area contributed by atoms with Gasteiger partial charge in [-0.15, -0.1) is 15.9 Å². The molecule has 0 bridgehead atoms. The Bertz CT molecular complexity index is 2590. The van der Waals surface area contributed by atoms with E-state index in [2.05, 4.69) is 11.0 Å². The monoisotopic (exact) mass is 898 g/mol. The summed E-state index contributed by atoms with van der Waals surface area (Å²) < 4.78 is 47.0. The number of Topliss-reactive ketones (excluding diaryl/α,β-unsaturated/α-hetero) is 2. The molecule has 0 N–H and O–H groups in total. The number of benzene rings is 3. The van der Waals surface area contributed by atoms with Crippen LogP contribution < -0.4 is 28.8 Å². The molecule has 7 aliphatic rings. The zero-order valence-electron chi connectivity index (χ0n) is 34.4. The molecule has 4 aromatic rings. The molecule has 64 heavy (non-hydrogen) atoms. The Hall–Kier alpha value is -5.78. The van der Waals surface area contributed by atoms with E-state index < -0.39 is 17.3 Å². The summed E-state index contributed by atoms with van der Waals surface area (Å²) in [7, 11) is 0. The summed E-state index contributed by atoms with van der Waals surface area (Å²) >= 11 is 2.54. The van der Waals surface area contributed by atoms with Crippen molar-refractivity contribution in [2.24, 2.45) is 0 Å². The minimum Gasteiger partial charge on any atom is -0.871 e. The summed E-state index contributed by atoms with van der Waals surface area (Å²) in [5.74, 6) is -0.0763. The van der Waals surface area contributed by atoms with Crippen molar-refractivity contribution in [3.05, 3.63) is 142 Å². The summed E-state index contributed by atoms with van der Waals surface area (Å²) in [6.45, 7) is 4.85. The summed E-state index contributed by atoms with van der Waals surface area (Å²) in [4.78, 5) is 30.6. The Morgan fingerprint density at radius 3 is 1.70 bits per heavy atom. The lowest BCUT2D eigenvalue weighted by molar-refractivity contribution is -0.294. The van der Waals surface area contributed by atoms with Gasteiger partial charge in [-0.1, -0.05) is 17.9 Å². The molecule has 0 saturated carbocycles. The van der Waals surface area contributed by atoms with Crippen molar-refractivity contribution < 1.29 is 52.6 Å². The first-order valence-corrected chi connectivity index (χ1v) is 22.9. The highest BCUT2D eigenvalue weighted by atomic mass is 32.2. The number of carbonyl (C=O) groups is 2. The van der Waals surface area contributed by atoms with Gasteiger partial charge < -0.3 is 47.9 Å². The number of rotatable bonds is 18. The predicted molar refractivity (Wildman–Crippen MR) is 240 cm³/mol. The normalized spacial score (nSPS) is 25.2. The van der Waals surface area contributed by atoms with Crippen molar-refractivity contribution in [1.82, 2.24) is 4.58 Å². The molecule has 3 aromatic carbocycles. The molecule has 4 saturated heterocycles. The van der Waals surface area contributed by atoms with Crippen molar-refractivity contribution in [2.45, 2.75) is 36.9 Å². The number of anilines is 2. The van der Waals surface area contributed by atoms with Crippen LogP contribution in [-0.2, 0) is 33.3 Å². The molecule has 0 spiro atoms. The molecule has 11 rings (SSSR count). The van der Waals surface area contributed by atoms with Crippen molar-refractivity contribution in [3.8, 4) is 17.2 Å². The molecule has 5 unspecified atom stereocenters. The van der Waals surface area contributed by atoms with Gasteiger partial charge in [0.15, 0.2) is 0 Å². The first kappa shape index (κ1) is 41.0. The maximum absolute atomic E-state index is 14.4. The molecule has 0 amide bonds. The van der Waals surface area contributed by atoms with E-state index in [1.54, 1.807) is 12.1 Å². The van der Waals surface area contributed by atoms with Gasteiger partial charge in [0.1, 0.15) is 66.5 Å². The van der Waals surface area contributed by atoms with Gasteiger partial charge >= 0.3 is 0 Å². The smallest absolute Gasteiger partial charge is 0.251 e. The molecule has 5 aliphatic heterocycles. The number of thiophene rings is 1. The van der Waals surface area contributed by atoms with Gasteiger partial charge in [-0.3, -0.25) is 9.59 Å². The third-order valence-corrected chi connectivity index (χ3v) is 13.4. The fourth-order valence-electron chi connectivity index (χ4n) is 7.39. The number of ketones is 2. The Morgan fingerprint density at radius 1 is 0.641 bits per heavy atom. The van der Waals surface area contributed by atoms with Gasteiger partial charge in [0, 0.05) is 62.7 Å². The van der Waals surface area contributed by atoms with Gasteiger partial charge in [0.2, 0.25) is 22.9 Å². The Balaban J connectivity index is 0.886. The number of allylic oxidation sites excluding steroid dienone is 4. The van der Waals surface area contributed by atoms with Gasteiger partial charge in [-0.2, -0.15) is 0 Å². The molecule has 4 fully saturated rings. The lowest BCUT2D eigenvalue weighted by Gasteiger charge is -2.27. The van der Waals surface area contributed by atoms with Crippen LogP contribution in [0.25, 0.3) is 5.57 Å². The lowest BCUT2D eigenvalue weighted by Crippen LogP contribution is -2.20. The fourth-order valence-corrected chi connectivity index (χ4v) is 9.56. The van der Waals surface area contributed by atoms with E-state index in [0.29, 0.717) is 74.0 Å². The third kappa shape index (κ3) is 9.24. The van der Waals surface area contributed by atoms with Crippen LogP contribution in [0.4, 0.5) is 22.1 Å². The van der Waals surface area contributed by atoms with E-state index in [-0.39, 0.29) is 41.7 Å². The zero-order valence-corrected chi connectivity index (χ0v) is 36.1. The number of epoxide rings is 4. The van der Waals surface area contributed by atoms with Crippen molar-refractivity contribution in [2.75, 3.05) is 57.8 Å². The molecule has 13 nitrogen and oxygen atoms in total. The van der Waals surface area contributed by atoms with Crippen LogP contribution in [0.5, 0.6) is 17.2 Å². The standard InChI is InChI=1S/C49H42N2O11S2/c52-47-45(41-17-19-43(63-41)50(29-1-9-33(10-2-29)55-21-37-25-59-37)30-3-11-34(12-4-30)56-22-38-26-60-38)48(53)49(54)46(47)42-18-20-44(64-42)51(31-5-13-35(14-6-31)57-23-39-27-61-39)32-7-15-36(16-8-32)58-24-40-28-62-40/h1-15,17-20,36-40H,16,21-28H2. The Morgan fingerprint density at radius 2 is 1.17 bits per heavy atom. The highest BCUT2D eigenvalue weighted by Gasteiger charge is 2.38. The number of ether oxygens (including phenoxy) is 8. The average Bonchev–Trinajstić information content (AvgIpc) is 4.13. The van der Waals surface area contributed by atoms with Crippen LogP contribution in [0, 0.1) is 0 Å². The molecule has 15 heteroatoms. The van der Waals surface area contributed by atoms with Crippen LogP contribution in [0.15, 0.2) is 137 Å². The largest absolute Gasteiger partial charge is 0.871 e. The molecule has 5 atom stereocenters. The number of hydrogen-bond donors (Lipinski definition) is 0. The van der Waals surface area contributed by atoms with Gasteiger partial charge in [-0.05, 0) is 91.0 Å². The highest BCUT2D eigenvalue weighted by Crippen LogP contribution is 2.44. The average molecular weight is 899 g/mol. The minimum absolute atomic E-state index is 0.0800. The maximum Gasteiger partial charge on any atom is 0.251 e. The Kier molecular flexibility index (Phi) is 11.3. The first-order chi connectivity index (χ1) is 31.4. The summed E-state index contributed by atoms with van der Waals surface area (Å²) in [5.41, 5.74) is 3.14. The fraction of sp³-hybridized carbons (Fsp3) is 0.286. The van der Waals surface area contributed by atoms with Crippen LogP contribution in [0.3, 0.4) is 0 Å². The second-order valence-corrected chi connectivity index (χ2v) is 18.1. The van der Waals surface area contributed by atoms with E-state index >= 15 is 0 Å². The predicted octanol–water partition coefficient (Wildman–Crippen LogP) is 6.56. The summed E-state index contributed by atoms with van der Waals surface area (Å²) in [6, 6.07) is 26.8.